The van der Waals surface area contributed by atoms with Gasteiger partial charge in [-0.05, 0) is 63.9 Å². The normalized spacial score (nSPS) is 12.5. The van der Waals surface area contributed by atoms with Crippen LogP contribution in [-0.4, -0.2) is 38.7 Å². The Balaban J connectivity index is 2.08. The van der Waals surface area contributed by atoms with Gasteiger partial charge in [0.05, 0.1) is 13.0 Å². The van der Waals surface area contributed by atoms with Crippen LogP contribution in [0.4, 0.5) is 4.79 Å². The van der Waals surface area contributed by atoms with E-state index in [0.29, 0.717) is 6.42 Å². The van der Waals surface area contributed by atoms with Crippen LogP contribution < -0.4 is 9.50 Å². The number of benzene rings is 2. The number of carbonyl (C=O) groups excluding carboxylic acids is 2. The van der Waals surface area contributed by atoms with E-state index in [1.165, 1.54) is 24.3 Å². The molecule has 0 aliphatic rings. The van der Waals surface area contributed by atoms with Gasteiger partial charge in [0, 0.05) is 6.04 Å². The SMILES string of the molecule is CCOC(=O)CC(Cc1ccc(OS(=O)(=O)c2ccccc2)cc1)NC(=O)OC(C)(C)C. The van der Waals surface area contributed by atoms with E-state index in [-0.39, 0.29) is 23.7 Å². The molecule has 0 radical (unpaired) electrons. The molecule has 2 rings (SSSR count). The molecule has 0 heterocycles. The fourth-order valence-electron chi connectivity index (χ4n) is 2.80. The number of alkyl carbamates (subject to hydrolysis) is 1. The maximum Gasteiger partial charge on any atom is 0.407 e. The van der Waals surface area contributed by atoms with Gasteiger partial charge < -0.3 is 19.0 Å². The first-order valence-corrected chi connectivity index (χ1v) is 11.6. The Bertz CT molecular complexity index is 997. The molecule has 9 heteroatoms. The van der Waals surface area contributed by atoms with Gasteiger partial charge in [0.25, 0.3) is 0 Å². The highest BCUT2D eigenvalue weighted by atomic mass is 32.2. The predicted octanol–water partition coefficient (Wildman–Crippen LogP) is 3.84. The Kier molecular flexibility index (Phi) is 8.65. The first-order valence-electron chi connectivity index (χ1n) is 10.2. The van der Waals surface area contributed by atoms with Crippen molar-refractivity contribution in [1.82, 2.24) is 5.32 Å². The molecule has 1 N–H and O–H groups in total. The fraction of sp³-hybridized carbons (Fsp3) is 0.391. The molecule has 0 fully saturated rings. The average Bonchev–Trinajstić information content (AvgIpc) is 2.68. The Labute approximate surface area is 189 Å². The third-order valence-electron chi connectivity index (χ3n) is 4.08. The lowest BCUT2D eigenvalue weighted by molar-refractivity contribution is -0.143. The number of nitrogens with one attached hydrogen (secondary N) is 1. The molecular weight excluding hydrogens is 434 g/mol. The van der Waals surface area contributed by atoms with E-state index in [0.717, 1.165) is 5.56 Å². The summed E-state index contributed by atoms with van der Waals surface area (Å²) in [7, 11) is -3.94. The van der Waals surface area contributed by atoms with Crippen LogP contribution in [0.25, 0.3) is 0 Å². The van der Waals surface area contributed by atoms with Gasteiger partial charge in [0.2, 0.25) is 0 Å². The molecule has 0 saturated carbocycles. The molecule has 1 atom stereocenters. The maximum atomic E-state index is 12.3. The van der Waals surface area contributed by atoms with E-state index in [9.17, 15) is 18.0 Å². The van der Waals surface area contributed by atoms with Gasteiger partial charge >= 0.3 is 22.2 Å². The number of rotatable bonds is 9. The van der Waals surface area contributed by atoms with Crippen LogP contribution in [0, 0.1) is 0 Å². The molecular formula is C23H29NO7S. The minimum Gasteiger partial charge on any atom is -0.466 e. The van der Waals surface area contributed by atoms with Crippen molar-refractivity contribution in [2.75, 3.05) is 6.61 Å². The summed E-state index contributed by atoms with van der Waals surface area (Å²) in [6.45, 7) is 7.18. The average molecular weight is 464 g/mol. The molecule has 1 unspecified atom stereocenters. The molecule has 1 amide bonds. The molecule has 2 aromatic rings. The highest BCUT2D eigenvalue weighted by Crippen LogP contribution is 2.20. The van der Waals surface area contributed by atoms with Crippen molar-refractivity contribution >= 4 is 22.2 Å². The number of ether oxygens (including phenoxy) is 2. The van der Waals surface area contributed by atoms with Crippen molar-refractivity contribution in [2.24, 2.45) is 0 Å². The molecule has 0 bridgehead atoms. The Morgan fingerprint density at radius 3 is 2.19 bits per heavy atom. The van der Waals surface area contributed by atoms with Crippen LogP contribution in [0.15, 0.2) is 59.5 Å². The second-order valence-electron chi connectivity index (χ2n) is 8.05. The van der Waals surface area contributed by atoms with Crippen LogP contribution >= 0.6 is 0 Å². The molecule has 2 aromatic carbocycles. The molecule has 8 nitrogen and oxygen atoms in total. The highest BCUT2D eigenvalue weighted by Gasteiger charge is 2.22. The maximum absolute atomic E-state index is 12.3. The summed E-state index contributed by atoms with van der Waals surface area (Å²) < 4.78 is 40.1. The van der Waals surface area contributed by atoms with Crippen molar-refractivity contribution < 1.29 is 31.7 Å². The van der Waals surface area contributed by atoms with Crippen LogP contribution in [0.1, 0.15) is 39.7 Å². The van der Waals surface area contributed by atoms with E-state index in [1.807, 2.05) is 0 Å². The summed E-state index contributed by atoms with van der Waals surface area (Å²) in [5, 5.41) is 2.70. The highest BCUT2D eigenvalue weighted by molar-refractivity contribution is 7.87. The summed E-state index contributed by atoms with van der Waals surface area (Å²) in [5.74, 6) is -0.290. The zero-order valence-electron chi connectivity index (χ0n) is 18.7. The number of hydrogen-bond acceptors (Lipinski definition) is 7. The Morgan fingerprint density at radius 1 is 1.00 bits per heavy atom. The third kappa shape index (κ3) is 8.58. The van der Waals surface area contributed by atoms with E-state index < -0.39 is 33.8 Å². The Hall–Kier alpha value is -3.07. The molecule has 0 spiro atoms. The van der Waals surface area contributed by atoms with Crippen LogP contribution in [0.2, 0.25) is 0 Å². The zero-order valence-corrected chi connectivity index (χ0v) is 19.5. The number of hydrogen-bond donors (Lipinski definition) is 1. The first kappa shape index (κ1) is 25.2. The Morgan fingerprint density at radius 2 is 1.62 bits per heavy atom. The molecule has 0 aliphatic carbocycles. The minimum atomic E-state index is -3.94. The van der Waals surface area contributed by atoms with Gasteiger partial charge in [-0.15, -0.1) is 0 Å². The first-order chi connectivity index (χ1) is 15.0. The van der Waals surface area contributed by atoms with Gasteiger partial charge in [-0.1, -0.05) is 30.3 Å². The predicted molar refractivity (Wildman–Crippen MR) is 119 cm³/mol. The van der Waals surface area contributed by atoms with Crippen molar-refractivity contribution in [3.8, 4) is 5.75 Å². The van der Waals surface area contributed by atoms with Crippen molar-refractivity contribution in [1.29, 1.82) is 0 Å². The van der Waals surface area contributed by atoms with E-state index in [1.54, 1.807) is 58.0 Å². The summed E-state index contributed by atoms with van der Waals surface area (Å²) in [6.07, 6.45) is -0.363. The molecule has 0 aliphatic heterocycles. The summed E-state index contributed by atoms with van der Waals surface area (Å²) in [5.41, 5.74) is 0.0849. The van der Waals surface area contributed by atoms with Gasteiger partial charge in [0.15, 0.2) is 0 Å². The lowest BCUT2D eigenvalue weighted by Crippen LogP contribution is -2.41. The summed E-state index contributed by atoms with van der Waals surface area (Å²) in [4.78, 5) is 24.2. The van der Waals surface area contributed by atoms with Gasteiger partial charge in [-0.3, -0.25) is 4.79 Å². The van der Waals surface area contributed by atoms with Crippen molar-refractivity contribution in [3.63, 3.8) is 0 Å². The topological polar surface area (TPSA) is 108 Å². The fourth-order valence-corrected chi connectivity index (χ4v) is 3.75. The van der Waals surface area contributed by atoms with Crippen LogP contribution in [0.3, 0.4) is 0 Å². The van der Waals surface area contributed by atoms with E-state index in [4.69, 9.17) is 13.7 Å². The molecule has 0 saturated heterocycles. The van der Waals surface area contributed by atoms with Crippen LogP contribution in [-0.2, 0) is 30.8 Å². The number of carbonyl (C=O) groups is 2. The van der Waals surface area contributed by atoms with E-state index >= 15 is 0 Å². The van der Waals surface area contributed by atoms with Crippen molar-refractivity contribution in [3.05, 3.63) is 60.2 Å². The summed E-state index contributed by atoms with van der Waals surface area (Å²) >= 11 is 0. The number of esters is 1. The lowest BCUT2D eigenvalue weighted by atomic mass is 10.0. The smallest absolute Gasteiger partial charge is 0.407 e. The quantitative estimate of drug-likeness (QED) is 0.445. The molecule has 174 valence electrons. The largest absolute Gasteiger partial charge is 0.466 e. The zero-order chi connectivity index (χ0) is 23.8. The van der Waals surface area contributed by atoms with Crippen molar-refractivity contribution in [2.45, 2.75) is 57.1 Å². The number of amides is 1. The van der Waals surface area contributed by atoms with Gasteiger partial charge in [0.1, 0.15) is 16.2 Å². The molecule has 32 heavy (non-hydrogen) atoms. The lowest BCUT2D eigenvalue weighted by Gasteiger charge is -2.23. The second kappa shape index (κ2) is 11.0. The third-order valence-corrected chi connectivity index (χ3v) is 5.34. The van der Waals surface area contributed by atoms with Gasteiger partial charge in [-0.2, -0.15) is 8.42 Å². The monoisotopic (exact) mass is 463 g/mol. The van der Waals surface area contributed by atoms with Gasteiger partial charge in [-0.25, -0.2) is 4.79 Å². The minimum absolute atomic E-state index is 0.0340. The summed E-state index contributed by atoms with van der Waals surface area (Å²) in [6, 6.07) is 13.7. The second-order valence-corrected chi connectivity index (χ2v) is 9.60. The van der Waals surface area contributed by atoms with Crippen LogP contribution in [0.5, 0.6) is 5.75 Å². The standard InChI is InChI=1S/C23H29NO7S/c1-5-29-21(25)16-18(24-22(26)30-23(2,3)4)15-17-11-13-19(14-12-17)31-32(27,28)20-9-7-6-8-10-20/h6-14,18H,5,15-16H2,1-4H3,(H,24,26). The van der Waals surface area contributed by atoms with E-state index in [2.05, 4.69) is 5.32 Å². The molecule has 0 aromatic heterocycles.